The third-order valence-corrected chi connectivity index (χ3v) is 4.43. The number of carbonyl (C=O) groups is 1. The molecule has 0 aliphatic rings. The highest BCUT2D eigenvalue weighted by Crippen LogP contribution is 2.11. The first-order chi connectivity index (χ1) is 10.9. The van der Waals surface area contributed by atoms with Gasteiger partial charge in [0.25, 0.3) is 5.91 Å². The van der Waals surface area contributed by atoms with Crippen molar-refractivity contribution in [3.8, 4) is 0 Å². The van der Waals surface area contributed by atoms with E-state index >= 15 is 0 Å². The predicted octanol–water partition coefficient (Wildman–Crippen LogP) is 2.35. The third-order valence-electron chi connectivity index (χ3n) is 3.27. The summed E-state index contributed by atoms with van der Waals surface area (Å²) in [5.74, 6) is -0.169. The Morgan fingerprint density at radius 2 is 1.83 bits per heavy atom. The maximum absolute atomic E-state index is 11.9. The van der Waals surface area contributed by atoms with Gasteiger partial charge in [-0.2, -0.15) is 0 Å². The summed E-state index contributed by atoms with van der Waals surface area (Å²) in [5, 5.41) is 8.38. The molecule has 2 rings (SSSR count). The molecule has 0 aromatic heterocycles. The fourth-order valence-corrected chi connectivity index (χ4v) is 2.78. The molecule has 0 radical (unpaired) electrons. The lowest BCUT2D eigenvalue weighted by molar-refractivity contribution is 0.0953. The lowest BCUT2D eigenvalue weighted by Crippen LogP contribution is -2.24. The number of hydrogen-bond donors (Lipinski definition) is 2. The lowest BCUT2D eigenvalue weighted by Gasteiger charge is -2.06. The Labute approximate surface area is 140 Å². The number of amides is 1. The first-order valence-electron chi connectivity index (χ1n) is 7.02. The van der Waals surface area contributed by atoms with Gasteiger partial charge in [-0.3, -0.25) is 4.79 Å². The quantitative estimate of drug-likeness (QED) is 0.782. The van der Waals surface area contributed by atoms with Crippen LogP contribution in [0.15, 0.2) is 53.4 Å². The summed E-state index contributed by atoms with van der Waals surface area (Å²) < 4.78 is 22.3. The van der Waals surface area contributed by atoms with Gasteiger partial charge in [-0.25, -0.2) is 13.6 Å². The standard InChI is InChI=1S/C16H17ClN2O3S/c17-14-5-1-4-13(11-14)16(20)19-10-2-3-12-6-8-15(9-7-12)23(18,21)22/h1,4-9,11H,2-3,10H2,(H,19,20)(H2,18,21,22). The monoisotopic (exact) mass is 352 g/mol. The molecule has 0 fully saturated rings. The van der Waals surface area contributed by atoms with Crippen molar-refractivity contribution in [2.75, 3.05) is 6.54 Å². The zero-order valence-electron chi connectivity index (χ0n) is 12.3. The van der Waals surface area contributed by atoms with Crippen LogP contribution >= 0.6 is 11.6 Å². The second-order valence-electron chi connectivity index (χ2n) is 5.06. The molecule has 7 heteroatoms. The maximum Gasteiger partial charge on any atom is 0.251 e. The first kappa shape index (κ1) is 17.5. The van der Waals surface area contributed by atoms with E-state index in [9.17, 15) is 13.2 Å². The van der Waals surface area contributed by atoms with Gasteiger partial charge in [0, 0.05) is 17.1 Å². The molecular weight excluding hydrogens is 336 g/mol. The van der Waals surface area contributed by atoms with E-state index < -0.39 is 10.0 Å². The Hall–Kier alpha value is -1.89. The summed E-state index contributed by atoms with van der Waals surface area (Å²) in [6, 6.07) is 13.2. The van der Waals surface area contributed by atoms with E-state index in [0.29, 0.717) is 17.1 Å². The van der Waals surface area contributed by atoms with Crippen LogP contribution in [0.25, 0.3) is 0 Å². The number of primary sulfonamides is 1. The summed E-state index contributed by atoms with van der Waals surface area (Å²) in [6.07, 6.45) is 1.46. The molecule has 0 saturated heterocycles. The van der Waals surface area contributed by atoms with E-state index in [2.05, 4.69) is 5.32 Å². The van der Waals surface area contributed by atoms with Crippen molar-refractivity contribution < 1.29 is 13.2 Å². The number of halogens is 1. The minimum atomic E-state index is -3.66. The van der Waals surface area contributed by atoms with Crippen LogP contribution in [0.2, 0.25) is 5.02 Å². The SMILES string of the molecule is NS(=O)(=O)c1ccc(CCCNC(=O)c2cccc(Cl)c2)cc1. The molecule has 1 amide bonds. The smallest absolute Gasteiger partial charge is 0.251 e. The van der Waals surface area contributed by atoms with E-state index in [0.717, 1.165) is 18.4 Å². The van der Waals surface area contributed by atoms with E-state index in [4.69, 9.17) is 16.7 Å². The summed E-state index contributed by atoms with van der Waals surface area (Å²) in [5.41, 5.74) is 1.50. The zero-order chi connectivity index (χ0) is 16.9. The fraction of sp³-hybridized carbons (Fsp3) is 0.188. The Morgan fingerprint density at radius 1 is 1.13 bits per heavy atom. The molecule has 2 aromatic rings. The molecule has 3 N–H and O–H groups in total. The van der Waals surface area contributed by atoms with Crippen LogP contribution in [0.1, 0.15) is 22.3 Å². The third kappa shape index (κ3) is 5.35. The molecule has 5 nitrogen and oxygen atoms in total. The van der Waals surface area contributed by atoms with Gasteiger partial charge in [-0.1, -0.05) is 29.8 Å². The van der Waals surface area contributed by atoms with Gasteiger partial charge >= 0.3 is 0 Å². The van der Waals surface area contributed by atoms with Crippen LogP contribution in [-0.2, 0) is 16.4 Å². The average Bonchev–Trinajstić information content (AvgIpc) is 2.51. The summed E-state index contributed by atoms with van der Waals surface area (Å²) in [7, 11) is -3.66. The van der Waals surface area contributed by atoms with Crippen molar-refractivity contribution in [2.45, 2.75) is 17.7 Å². The highest BCUT2D eigenvalue weighted by Gasteiger charge is 2.07. The highest BCUT2D eigenvalue weighted by atomic mass is 35.5. The lowest BCUT2D eigenvalue weighted by atomic mass is 10.1. The van der Waals surface area contributed by atoms with Crippen LogP contribution in [0, 0.1) is 0 Å². The second-order valence-corrected chi connectivity index (χ2v) is 7.06. The van der Waals surface area contributed by atoms with E-state index in [1.165, 1.54) is 12.1 Å². The van der Waals surface area contributed by atoms with Crippen LogP contribution in [-0.4, -0.2) is 20.9 Å². The number of carbonyl (C=O) groups excluding carboxylic acids is 1. The second kappa shape index (κ2) is 7.59. The van der Waals surface area contributed by atoms with Crippen molar-refractivity contribution >= 4 is 27.5 Å². The molecule has 0 aliphatic heterocycles. The number of nitrogens with one attached hydrogen (secondary N) is 1. The maximum atomic E-state index is 11.9. The molecule has 0 bridgehead atoms. The molecule has 122 valence electrons. The largest absolute Gasteiger partial charge is 0.352 e. The summed E-state index contributed by atoms with van der Waals surface area (Å²) in [4.78, 5) is 12.0. The number of sulfonamides is 1. The fourth-order valence-electron chi connectivity index (χ4n) is 2.07. The molecule has 0 unspecified atom stereocenters. The van der Waals surface area contributed by atoms with Gasteiger partial charge in [0.1, 0.15) is 0 Å². The Bertz CT molecular complexity index is 789. The van der Waals surface area contributed by atoms with Gasteiger partial charge < -0.3 is 5.32 Å². The molecule has 0 spiro atoms. The summed E-state index contributed by atoms with van der Waals surface area (Å²) >= 11 is 5.84. The van der Waals surface area contributed by atoms with Gasteiger partial charge in [0.2, 0.25) is 10.0 Å². The van der Waals surface area contributed by atoms with Crippen molar-refractivity contribution in [2.24, 2.45) is 5.14 Å². The van der Waals surface area contributed by atoms with Crippen LogP contribution in [0.3, 0.4) is 0 Å². The van der Waals surface area contributed by atoms with Crippen LogP contribution < -0.4 is 10.5 Å². The molecule has 23 heavy (non-hydrogen) atoms. The Kier molecular flexibility index (Phi) is 5.76. The molecular formula is C16H17ClN2O3S. The average molecular weight is 353 g/mol. The van der Waals surface area contributed by atoms with Gasteiger partial charge in [-0.05, 0) is 48.7 Å². The minimum absolute atomic E-state index is 0.0931. The minimum Gasteiger partial charge on any atom is -0.352 e. The van der Waals surface area contributed by atoms with Gasteiger partial charge in [0.15, 0.2) is 0 Å². The van der Waals surface area contributed by atoms with Crippen molar-refractivity contribution in [3.63, 3.8) is 0 Å². The van der Waals surface area contributed by atoms with Gasteiger partial charge in [-0.15, -0.1) is 0 Å². The number of rotatable bonds is 6. The molecule has 0 atom stereocenters. The number of benzene rings is 2. The molecule has 0 heterocycles. The van der Waals surface area contributed by atoms with Crippen molar-refractivity contribution in [1.82, 2.24) is 5.32 Å². The Balaban J connectivity index is 1.80. The number of aryl methyl sites for hydroxylation is 1. The van der Waals surface area contributed by atoms with Crippen LogP contribution in [0.5, 0.6) is 0 Å². The predicted molar refractivity (Wildman–Crippen MR) is 89.9 cm³/mol. The van der Waals surface area contributed by atoms with Crippen molar-refractivity contribution in [3.05, 3.63) is 64.7 Å². The normalized spacial score (nSPS) is 11.2. The van der Waals surface area contributed by atoms with Crippen LogP contribution in [0.4, 0.5) is 0 Å². The highest BCUT2D eigenvalue weighted by molar-refractivity contribution is 7.89. The first-order valence-corrected chi connectivity index (χ1v) is 8.94. The van der Waals surface area contributed by atoms with Crippen molar-refractivity contribution in [1.29, 1.82) is 0 Å². The Morgan fingerprint density at radius 3 is 2.43 bits per heavy atom. The number of nitrogens with two attached hydrogens (primary N) is 1. The topological polar surface area (TPSA) is 89.3 Å². The zero-order valence-corrected chi connectivity index (χ0v) is 13.9. The van der Waals surface area contributed by atoms with E-state index in [-0.39, 0.29) is 10.8 Å². The number of hydrogen-bond acceptors (Lipinski definition) is 3. The molecule has 0 aliphatic carbocycles. The molecule has 2 aromatic carbocycles. The van der Waals surface area contributed by atoms with Gasteiger partial charge in [0.05, 0.1) is 4.90 Å². The summed E-state index contributed by atoms with van der Waals surface area (Å²) in [6.45, 7) is 0.516. The van der Waals surface area contributed by atoms with E-state index in [1.807, 2.05) is 0 Å². The molecule has 0 saturated carbocycles. The van der Waals surface area contributed by atoms with E-state index in [1.54, 1.807) is 36.4 Å².